The van der Waals surface area contributed by atoms with Crippen LogP contribution in [0.15, 0.2) is 12.2 Å². The van der Waals surface area contributed by atoms with E-state index in [-0.39, 0.29) is 23.9 Å². The van der Waals surface area contributed by atoms with E-state index in [4.69, 9.17) is 0 Å². The quantitative estimate of drug-likeness (QED) is 0.791. The summed E-state index contributed by atoms with van der Waals surface area (Å²) < 4.78 is 0. The van der Waals surface area contributed by atoms with Crippen LogP contribution in [-0.2, 0) is 9.59 Å². The second-order valence-electron chi connectivity index (χ2n) is 5.98. The molecule has 2 unspecified atom stereocenters. The summed E-state index contributed by atoms with van der Waals surface area (Å²) in [6.07, 6.45) is 5.68. The van der Waals surface area contributed by atoms with Crippen molar-refractivity contribution in [3.63, 3.8) is 0 Å². The van der Waals surface area contributed by atoms with E-state index in [0.29, 0.717) is 12.5 Å². The third-order valence-electron chi connectivity index (χ3n) is 4.26. The molecular formula is C15H24N2O2. The van der Waals surface area contributed by atoms with E-state index in [9.17, 15) is 9.59 Å². The second kappa shape index (κ2) is 5.76. The van der Waals surface area contributed by atoms with Gasteiger partial charge in [-0.25, -0.2) is 0 Å². The number of piperazine rings is 1. The Morgan fingerprint density at radius 2 is 1.95 bits per heavy atom. The topological polar surface area (TPSA) is 49.4 Å². The predicted molar refractivity (Wildman–Crippen MR) is 74.5 cm³/mol. The molecule has 2 rings (SSSR count). The normalized spacial score (nSPS) is 29.3. The Kier molecular flexibility index (Phi) is 4.27. The number of hydrogen-bond acceptors (Lipinski definition) is 2. The van der Waals surface area contributed by atoms with Crippen molar-refractivity contribution in [2.45, 2.75) is 58.0 Å². The maximum atomic E-state index is 12.6. The van der Waals surface area contributed by atoms with Crippen LogP contribution in [0, 0.1) is 5.92 Å². The Bertz CT molecular complexity index is 386. The molecule has 0 spiro atoms. The molecule has 2 amide bonds. The Labute approximate surface area is 115 Å². The Balaban J connectivity index is 2.13. The number of nitrogens with zero attached hydrogens (tertiary/aromatic N) is 1. The van der Waals surface area contributed by atoms with Crippen LogP contribution in [0.5, 0.6) is 0 Å². The number of carbonyl (C=O) groups is 2. The van der Waals surface area contributed by atoms with Crippen molar-refractivity contribution in [2.24, 2.45) is 5.92 Å². The lowest BCUT2D eigenvalue weighted by Gasteiger charge is -2.41. The van der Waals surface area contributed by atoms with Gasteiger partial charge in [0.1, 0.15) is 12.1 Å². The van der Waals surface area contributed by atoms with Crippen LogP contribution in [0.25, 0.3) is 0 Å². The molecule has 4 nitrogen and oxygen atoms in total. The summed E-state index contributed by atoms with van der Waals surface area (Å²) in [5.74, 6) is 0.351. The highest BCUT2D eigenvalue weighted by Crippen LogP contribution is 2.29. The van der Waals surface area contributed by atoms with Gasteiger partial charge in [-0.05, 0) is 32.6 Å². The SMILES string of the molecule is C=C(C)CN1C(=O)C(C2CCCCC2)NC(=O)C1C. The van der Waals surface area contributed by atoms with Gasteiger partial charge >= 0.3 is 0 Å². The van der Waals surface area contributed by atoms with E-state index in [0.717, 1.165) is 18.4 Å². The Morgan fingerprint density at radius 1 is 1.32 bits per heavy atom. The lowest BCUT2D eigenvalue weighted by molar-refractivity contribution is -0.150. The van der Waals surface area contributed by atoms with Gasteiger partial charge in [-0.3, -0.25) is 9.59 Å². The van der Waals surface area contributed by atoms with Crippen molar-refractivity contribution in [1.29, 1.82) is 0 Å². The molecule has 19 heavy (non-hydrogen) atoms. The minimum Gasteiger partial charge on any atom is -0.342 e. The van der Waals surface area contributed by atoms with Crippen molar-refractivity contribution < 1.29 is 9.59 Å². The molecule has 4 heteroatoms. The smallest absolute Gasteiger partial charge is 0.246 e. The molecule has 1 N–H and O–H groups in total. The lowest BCUT2D eigenvalue weighted by Crippen LogP contribution is -2.64. The van der Waals surface area contributed by atoms with Crippen LogP contribution in [-0.4, -0.2) is 35.3 Å². The zero-order valence-corrected chi connectivity index (χ0v) is 11.9. The highest BCUT2D eigenvalue weighted by Gasteiger charge is 2.41. The molecule has 0 aromatic heterocycles. The Morgan fingerprint density at radius 3 is 2.53 bits per heavy atom. The highest BCUT2D eigenvalue weighted by molar-refractivity contribution is 5.97. The second-order valence-corrected chi connectivity index (χ2v) is 5.98. The minimum absolute atomic E-state index is 0.0311. The van der Waals surface area contributed by atoms with Gasteiger partial charge in [-0.15, -0.1) is 0 Å². The number of rotatable bonds is 3. The van der Waals surface area contributed by atoms with Crippen LogP contribution in [0.4, 0.5) is 0 Å². The van der Waals surface area contributed by atoms with Gasteiger partial charge in [0.2, 0.25) is 11.8 Å². The first-order valence-electron chi connectivity index (χ1n) is 7.26. The average molecular weight is 264 g/mol. The number of carbonyl (C=O) groups excluding carboxylic acids is 2. The van der Waals surface area contributed by atoms with Crippen molar-refractivity contribution in [3.8, 4) is 0 Å². The monoisotopic (exact) mass is 264 g/mol. The van der Waals surface area contributed by atoms with Gasteiger partial charge in [0, 0.05) is 6.54 Å². The van der Waals surface area contributed by atoms with Crippen molar-refractivity contribution >= 4 is 11.8 Å². The lowest BCUT2D eigenvalue weighted by atomic mass is 9.82. The molecule has 0 bridgehead atoms. The van der Waals surface area contributed by atoms with Gasteiger partial charge in [-0.1, -0.05) is 31.4 Å². The predicted octanol–water partition coefficient (Wildman–Crippen LogP) is 1.86. The summed E-state index contributed by atoms with van der Waals surface area (Å²) in [6.45, 7) is 8.01. The summed E-state index contributed by atoms with van der Waals surface area (Å²) in [4.78, 5) is 26.3. The number of nitrogens with one attached hydrogen (secondary N) is 1. The standard InChI is InChI=1S/C15H24N2O2/c1-10(2)9-17-11(3)14(18)16-13(15(17)19)12-7-5-4-6-8-12/h11-13H,1,4-9H2,2-3H3,(H,16,18). The van der Waals surface area contributed by atoms with E-state index < -0.39 is 0 Å². The summed E-state index contributed by atoms with van der Waals surface area (Å²) >= 11 is 0. The maximum Gasteiger partial charge on any atom is 0.246 e. The van der Waals surface area contributed by atoms with Gasteiger partial charge in [-0.2, -0.15) is 0 Å². The van der Waals surface area contributed by atoms with Gasteiger partial charge < -0.3 is 10.2 Å². The maximum absolute atomic E-state index is 12.6. The van der Waals surface area contributed by atoms with Crippen molar-refractivity contribution in [2.75, 3.05) is 6.54 Å². The zero-order chi connectivity index (χ0) is 14.0. The minimum atomic E-state index is -0.385. The third kappa shape index (κ3) is 2.99. The molecule has 1 aliphatic carbocycles. The highest BCUT2D eigenvalue weighted by atomic mass is 16.2. The molecule has 1 aliphatic heterocycles. The average Bonchev–Trinajstić information content (AvgIpc) is 2.39. The molecular weight excluding hydrogens is 240 g/mol. The molecule has 0 aromatic carbocycles. The first-order chi connectivity index (χ1) is 9.00. The number of amides is 2. The molecule has 1 saturated carbocycles. The largest absolute Gasteiger partial charge is 0.342 e. The van der Waals surface area contributed by atoms with Gasteiger partial charge in [0.15, 0.2) is 0 Å². The molecule has 2 atom stereocenters. The van der Waals surface area contributed by atoms with Crippen LogP contribution in [0.1, 0.15) is 46.0 Å². The molecule has 0 aromatic rings. The van der Waals surface area contributed by atoms with Crippen molar-refractivity contribution in [3.05, 3.63) is 12.2 Å². The van der Waals surface area contributed by atoms with E-state index in [1.165, 1.54) is 19.3 Å². The van der Waals surface area contributed by atoms with E-state index in [2.05, 4.69) is 11.9 Å². The van der Waals surface area contributed by atoms with Gasteiger partial charge in [0.05, 0.1) is 0 Å². The fourth-order valence-corrected chi connectivity index (χ4v) is 3.14. The molecule has 0 radical (unpaired) electrons. The van der Waals surface area contributed by atoms with Crippen LogP contribution < -0.4 is 5.32 Å². The molecule has 1 heterocycles. The molecule has 106 valence electrons. The van der Waals surface area contributed by atoms with Crippen LogP contribution in [0.3, 0.4) is 0 Å². The zero-order valence-electron chi connectivity index (χ0n) is 11.9. The van der Waals surface area contributed by atoms with E-state index in [1.807, 2.05) is 6.92 Å². The summed E-state index contributed by atoms with van der Waals surface area (Å²) in [5, 5.41) is 2.93. The molecule has 1 saturated heterocycles. The third-order valence-corrected chi connectivity index (χ3v) is 4.26. The fourth-order valence-electron chi connectivity index (χ4n) is 3.14. The van der Waals surface area contributed by atoms with E-state index >= 15 is 0 Å². The molecule has 2 aliphatic rings. The van der Waals surface area contributed by atoms with Crippen molar-refractivity contribution in [1.82, 2.24) is 10.2 Å². The van der Waals surface area contributed by atoms with Crippen LogP contribution >= 0.6 is 0 Å². The summed E-state index contributed by atoms with van der Waals surface area (Å²) in [5.41, 5.74) is 0.914. The van der Waals surface area contributed by atoms with Crippen LogP contribution in [0.2, 0.25) is 0 Å². The number of hydrogen-bond donors (Lipinski definition) is 1. The fraction of sp³-hybridized carbons (Fsp3) is 0.733. The van der Waals surface area contributed by atoms with E-state index in [1.54, 1.807) is 11.8 Å². The molecule has 2 fully saturated rings. The summed E-state index contributed by atoms with van der Waals surface area (Å²) in [6, 6.07) is -0.701. The first-order valence-corrected chi connectivity index (χ1v) is 7.26. The summed E-state index contributed by atoms with van der Waals surface area (Å²) in [7, 11) is 0. The van der Waals surface area contributed by atoms with Gasteiger partial charge in [0.25, 0.3) is 0 Å². The Hall–Kier alpha value is -1.32. The first kappa shape index (κ1) is 14.1.